The molecule has 21 heavy (non-hydrogen) atoms. The summed E-state index contributed by atoms with van der Waals surface area (Å²) in [5.41, 5.74) is 8.40. The molecule has 2 rings (SSSR count). The Morgan fingerprint density at radius 1 is 1.24 bits per heavy atom. The number of aromatic hydroxyl groups is 1. The van der Waals surface area contributed by atoms with Crippen LogP contribution in [0.15, 0.2) is 42.5 Å². The van der Waals surface area contributed by atoms with Gasteiger partial charge < -0.3 is 15.7 Å². The molecule has 4 heteroatoms. The van der Waals surface area contributed by atoms with Gasteiger partial charge in [-0.1, -0.05) is 19.1 Å². The zero-order chi connectivity index (χ0) is 15.4. The van der Waals surface area contributed by atoms with Gasteiger partial charge in [0.1, 0.15) is 5.75 Å². The molecular weight excluding hydrogens is 264 g/mol. The number of phenolic OH excluding ortho intramolecular Hbond substituents is 1. The molecule has 0 aliphatic carbocycles. The van der Waals surface area contributed by atoms with Crippen LogP contribution in [0.5, 0.6) is 5.75 Å². The van der Waals surface area contributed by atoms with Crippen molar-refractivity contribution in [2.24, 2.45) is 0 Å². The molecular formula is C17H20N2O2. The molecule has 0 aromatic heterocycles. The monoisotopic (exact) mass is 284 g/mol. The number of benzene rings is 2. The van der Waals surface area contributed by atoms with Crippen molar-refractivity contribution >= 4 is 17.3 Å². The third-order valence-electron chi connectivity index (χ3n) is 3.33. The molecule has 0 unspecified atom stereocenters. The minimum Gasteiger partial charge on any atom is -0.508 e. The quantitative estimate of drug-likeness (QED) is 0.846. The normalized spacial score (nSPS) is 10.4. The molecule has 0 aliphatic rings. The van der Waals surface area contributed by atoms with Crippen LogP contribution in [0.2, 0.25) is 0 Å². The molecule has 1 amide bonds. The number of rotatable bonds is 4. The van der Waals surface area contributed by atoms with Gasteiger partial charge in [-0.2, -0.15) is 0 Å². The Hall–Kier alpha value is -2.49. The second-order valence-electron chi connectivity index (χ2n) is 5.05. The van der Waals surface area contributed by atoms with Gasteiger partial charge >= 0.3 is 0 Å². The maximum atomic E-state index is 12.7. The van der Waals surface area contributed by atoms with E-state index in [1.54, 1.807) is 36.1 Å². The van der Waals surface area contributed by atoms with E-state index >= 15 is 0 Å². The number of hydrogen-bond donors (Lipinski definition) is 2. The van der Waals surface area contributed by atoms with E-state index in [0.29, 0.717) is 17.8 Å². The van der Waals surface area contributed by atoms with Crippen LogP contribution in [0.1, 0.15) is 29.3 Å². The van der Waals surface area contributed by atoms with Gasteiger partial charge in [-0.3, -0.25) is 4.79 Å². The van der Waals surface area contributed by atoms with Crippen molar-refractivity contribution in [3.8, 4) is 5.75 Å². The zero-order valence-electron chi connectivity index (χ0n) is 12.3. The minimum absolute atomic E-state index is 0.130. The standard InChI is InChI=1S/C17H20N2O2/c1-3-9-19(15-6-4-5-14(18)11-15)17(21)13-8-7-12(2)16(20)10-13/h4-8,10-11,20H,3,9,18H2,1-2H3. The van der Waals surface area contributed by atoms with Gasteiger partial charge in [0.25, 0.3) is 5.91 Å². The fraction of sp³-hybridized carbons (Fsp3) is 0.235. The summed E-state index contributed by atoms with van der Waals surface area (Å²) in [5.74, 6) is -0.0115. The van der Waals surface area contributed by atoms with Gasteiger partial charge in [0.05, 0.1) is 0 Å². The Balaban J connectivity index is 2.37. The van der Waals surface area contributed by atoms with Crippen molar-refractivity contribution < 1.29 is 9.90 Å². The Labute approximate surface area is 124 Å². The van der Waals surface area contributed by atoms with Crippen molar-refractivity contribution in [1.29, 1.82) is 0 Å². The topological polar surface area (TPSA) is 66.6 Å². The second kappa shape index (κ2) is 6.31. The van der Waals surface area contributed by atoms with E-state index in [0.717, 1.165) is 17.7 Å². The molecule has 3 N–H and O–H groups in total. The largest absolute Gasteiger partial charge is 0.508 e. The highest BCUT2D eigenvalue weighted by Crippen LogP contribution is 2.23. The average Bonchev–Trinajstić information content (AvgIpc) is 2.47. The first kappa shape index (κ1) is 14.9. The highest BCUT2D eigenvalue weighted by molar-refractivity contribution is 6.06. The lowest BCUT2D eigenvalue weighted by Gasteiger charge is -2.23. The van der Waals surface area contributed by atoms with E-state index < -0.39 is 0 Å². The van der Waals surface area contributed by atoms with E-state index in [2.05, 4.69) is 0 Å². The predicted molar refractivity (Wildman–Crippen MR) is 85.7 cm³/mol. The maximum Gasteiger partial charge on any atom is 0.258 e. The fourth-order valence-electron chi connectivity index (χ4n) is 2.16. The lowest BCUT2D eigenvalue weighted by Crippen LogP contribution is -2.31. The second-order valence-corrected chi connectivity index (χ2v) is 5.05. The number of carbonyl (C=O) groups excluding carboxylic acids is 1. The van der Waals surface area contributed by atoms with Crippen LogP contribution in [0.4, 0.5) is 11.4 Å². The Morgan fingerprint density at radius 2 is 2.00 bits per heavy atom. The van der Waals surface area contributed by atoms with Crippen molar-refractivity contribution in [3.63, 3.8) is 0 Å². The summed E-state index contributed by atoms with van der Waals surface area (Å²) in [4.78, 5) is 14.4. The SMILES string of the molecule is CCCN(C(=O)c1ccc(C)c(O)c1)c1cccc(N)c1. The summed E-state index contributed by atoms with van der Waals surface area (Å²) in [6.45, 7) is 4.40. The summed E-state index contributed by atoms with van der Waals surface area (Å²) in [7, 11) is 0. The molecule has 0 radical (unpaired) electrons. The number of carbonyl (C=O) groups is 1. The fourth-order valence-corrected chi connectivity index (χ4v) is 2.16. The summed E-state index contributed by atoms with van der Waals surface area (Å²) in [5, 5.41) is 9.78. The number of nitrogen functional groups attached to an aromatic ring is 1. The Kier molecular flexibility index (Phi) is 4.48. The molecule has 0 heterocycles. The third-order valence-corrected chi connectivity index (χ3v) is 3.33. The van der Waals surface area contributed by atoms with Gasteiger partial charge in [0.2, 0.25) is 0 Å². The van der Waals surface area contributed by atoms with Gasteiger partial charge in [-0.05, 0) is 49.2 Å². The molecule has 0 fully saturated rings. The molecule has 0 bridgehead atoms. The first-order valence-electron chi connectivity index (χ1n) is 7.00. The van der Waals surface area contributed by atoms with E-state index in [4.69, 9.17) is 5.73 Å². The highest BCUT2D eigenvalue weighted by Gasteiger charge is 2.18. The van der Waals surface area contributed by atoms with E-state index in [1.165, 1.54) is 6.07 Å². The first-order valence-corrected chi connectivity index (χ1v) is 7.00. The van der Waals surface area contributed by atoms with Crippen LogP contribution in [-0.4, -0.2) is 17.6 Å². The molecule has 2 aromatic rings. The molecule has 110 valence electrons. The van der Waals surface area contributed by atoms with E-state index in [-0.39, 0.29) is 11.7 Å². The first-order chi connectivity index (χ1) is 10.0. The smallest absolute Gasteiger partial charge is 0.258 e. The molecule has 0 aliphatic heterocycles. The number of nitrogens with zero attached hydrogens (tertiary/aromatic N) is 1. The summed E-state index contributed by atoms with van der Waals surface area (Å²) >= 11 is 0. The van der Waals surface area contributed by atoms with Crippen LogP contribution in [0.25, 0.3) is 0 Å². The minimum atomic E-state index is -0.141. The van der Waals surface area contributed by atoms with Crippen LogP contribution < -0.4 is 10.6 Å². The number of hydrogen-bond acceptors (Lipinski definition) is 3. The van der Waals surface area contributed by atoms with Gasteiger partial charge in [0.15, 0.2) is 0 Å². The summed E-state index contributed by atoms with van der Waals surface area (Å²) < 4.78 is 0. The lowest BCUT2D eigenvalue weighted by atomic mass is 10.1. The van der Waals surface area contributed by atoms with Crippen LogP contribution in [0, 0.1) is 6.92 Å². The third kappa shape index (κ3) is 3.34. The van der Waals surface area contributed by atoms with Gasteiger partial charge in [-0.25, -0.2) is 0 Å². The molecule has 0 saturated heterocycles. The zero-order valence-corrected chi connectivity index (χ0v) is 12.3. The van der Waals surface area contributed by atoms with Crippen LogP contribution in [0.3, 0.4) is 0 Å². The average molecular weight is 284 g/mol. The van der Waals surface area contributed by atoms with E-state index in [1.807, 2.05) is 19.1 Å². The number of aryl methyl sites for hydroxylation is 1. The molecule has 2 aromatic carbocycles. The number of anilines is 2. The van der Waals surface area contributed by atoms with E-state index in [9.17, 15) is 9.90 Å². The molecule has 4 nitrogen and oxygen atoms in total. The highest BCUT2D eigenvalue weighted by atomic mass is 16.3. The van der Waals surface area contributed by atoms with Crippen LogP contribution >= 0.6 is 0 Å². The van der Waals surface area contributed by atoms with Crippen molar-refractivity contribution in [2.45, 2.75) is 20.3 Å². The van der Waals surface area contributed by atoms with Crippen molar-refractivity contribution in [2.75, 3.05) is 17.2 Å². The molecule has 0 saturated carbocycles. The number of amides is 1. The Bertz CT molecular complexity index is 653. The Morgan fingerprint density at radius 3 is 2.62 bits per heavy atom. The molecule has 0 spiro atoms. The summed E-state index contributed by atoms with van der Waals surface area (Å²) in [6, 6.07) is 12.2. The van der Waals surface area contributed by atoms with Crippen molar-refractivity contribution in [1.82, 2.24) is 0 Å². The van der Waals surface area contributed by atoms with Gasteiger partial charge in [0, 0.05) is 23.5 Å². The lowest BCUT2D eigenvalue weighted by molar-refractivity contribution is 0.0986. The number of phenols is 1. The van der Waals surface area contributed by atoms with Gasteiger partial charge in [-0.15, -0.1) is 0 Å². The van der Waals surface area contributed by atoms with Crippen molar-refractivity contribution in [3.05, 3.63) is 53.6 Å². The predicted octanol–water partition coefficient (Wildman–Crippen LogP) is 3.34. The maximum absolute atomic E-state index is 12.7. The summed E-state index contributed by atoms with van der Waals surface area (Å²) in [6.07, 6.45) is 0.832. The van der Waals surface area contributed by atoms with Crippen LogP contribution in [-0.2, 0) is 0 Å². The molecule has 0 atom stereocenters. The number of nitrogens with two attached hydrogens (primary N) is 1.